The van der Waals surface area contributed by atoms with Crippen LogP contribution in [0.25, 0.3) is 0 Å². The first-order valence-electron chi connectivity index (χ1n) is 13.2. The van der Waals surface area contributed by atoms with Gasteiger partial charge in [0.1, 0.15) is 13.6 Å². The number of hydrogen-bond acceptors (Lipinski definition) is 6. The molecule has 0 spiro atoms. The maximum Gasteiger partial charge on any atom is 0.306 e. The van der Waals surface area contributed by atoms with Crippen molar-refractivity contribution in [3.05, 3.63) is 107 Å². The molecule has 40 heavy (non-hydrogen) atoms. The van der Waals surface area contributed by atoms with Crippen molar-refractivity contribution in [2.45, 2.75) is 58.8 Å². The molecule has 6 nitrogen and oxygen atoms in total. The number of carbonyl (C=O) groups excluding carboxylic acids is 3. The predicted octanol–water partition coefficient (Wildman–Crippen LogP) is 7.14. The second-order valence-corrected chi connectivity index (χ2v) is 9.98. The highest BCUT2D eigenvalue weighted by Gasteiger charge is 2.13. The maximum atomic E-state index is 11.1. The quantitative estimate of drug-likeness (QED) is 0.197. The van der Waals surface area contributed by atoms with Crippen molar-refractivity contribution in [2.75, 3.05) is 12.9 Å². The standard InChI is InChI=1S/C19H24N2S.C12H16O2.2CH2O/c1-3-22-19(20)21-18-7-5-4-6-17(14-18)13-12-16-10-8-15(2)9-11-16;1-3-10(9-12(13)14-2)11-7-5-4-6-8-11;2*1-2/h4-5,7-11,14H,3,6,12-13H2,1-2H3,(H2,20,21);4-8,10H,3,9H2,1-2H3;2*1H2. The van der Waals surface area contributed by atoms with Gasteiger partial charge in [0.2, 0.25) is 0 Å². The molecule has 0 heterocycles. The van der Waals surface area contributed by atoms with Crippen LogP contribution in [0.5, 0.6) is 0 Å². The summed E-state index contributed by atoms with van der Waals surface area (Å²) in [6.45, 7) is 10.3. The second-order valence-electron chi connectivity index (χ2n) is 8.69. The molecule has 0 aliphatic heterocycles. The van der Waals surface area contributed by atoms with Crippen molar-refractivity contribution >= 4 is 36.5 Å². The van der Waals surface area contributed by atoms with E-state index in [0.29, 0.717) is 11.6 Å². The zero-order valence-electron chi connectivity index (χ0n) is 24.3. The van der Waals surface area contributed by atoms with Crippen LogP contribution in [0.3, 0.4) is 0 Å². The number of allylic oxidation sites excluding steroid dienone is 5. The van der Waals surface area contributed by atoms with Crippen molar-refractivity contribution in [1.82, 2.24) is 0 Å². The number of nitrogens with two attached hydrogens (primary N) is 1. The van der Waals surface area contributed by atoms with Crippen LogP contribution in [-0.2, 0) is 25.5 Å². The Morgan fingerprint density at radius 1 is 1.02 bits per heavy atom. The third kappa shape index (κ3) is 15.6. The molecule has 2 N–H and O–H groups in total. The normalized spacial score (nSPS) is 12.8. The molecule has 0 radical (unpaired) electrons. The molecule has 1 unspecified atom stereocenters. The summed E-state index contributed by atoms with van der Waals surface area (Å²) in [5, 5.41) is 0.637. The van der Waals surface area contributed by atoms with Crippen LogP contribution in [0, 0.1) is 6.92 Å². The van der Waals surface area contributed by atoms with E-state index >= 15 is 0 Å². The number of amidine groups is 1. The van der Waals surface area contributed by atoms with Crippen LogP contribution in [0.4, 0.5) is 0 Å². The second kappa shape index (κ2) is 23.2. The number of nitrogens with zero attached hydrogens (tertiary/aromatic N) is 1. The zero-order chi connectivity index (χ0) is 30.2. The molecule has 1 atom stereocenters. The number of carbonyl (C=O) groups is 3. The molecule has 7 heteroatoms. The lowest BCUT2D eigenvalue weighted by molar-refractivity contribution is -0.141. The summed E-state index contributed by atoms with van der Waals surface area (Å²) in [5.41, 5.74) is 12.2. The minimum Gasteiger partial charge on any atom is -0.469 e. The van der Waals surface area contributed by atoms with E-state index in [9.17, 15) is 4.79 Å². The number of aliphatic imine (C=N–C) groups is 1. The summed E-state index contributed by atoms with van der Waals surface area (Å²) in [6.07, 6.45) is 13.0. The first kappa shape index (κ1) is 36.3. The molecule has 1 aliphatic rings. The summed E-state index contributed by atoms with van der Waals surface area (Å²) < 4.78 is 4.67. The van der Waals surface area contributed by atoms with Gasteiger partial charge in [-0.25, -0.2) is 4.99 Å². The van der Waals surface area contributed by atoms with E-state index in [1.165, 1.54) is 29.4 Å². The molecule has 3 rings (SSSR count). The Morgan fingerprint density at radius 3 is 2.25 bits per heavy atom. The lowest BCUT2D eigenvalue weighted by Crippen LogP contribution is -2.07. The molecule has 2 aromatic rings. The average molecular weight is 565 g/mol. The summed E-state index contributed by atoms with van der Waals surface area (Å²) in [6, 6.07) is 18.9. The summed E-state index contributed by atoms with van der Waals surface area (Å²) in [7, 11) is 1.43. The Bertz CT molecular complexity index is 1090. The Hall–Kier alpha value is -3.71. The fraction of sp³-hybridized carbons (Fsp3) is 0.333. The van der Waals surface area contributed by atoms with E-state index < -0.39 is 0 Å². The average Bonchev–Trinajstić information content (AvgIpc) is 3.23. The van der Waals surface area contributed by atoms with Crippen molar-refractivity contribution < 1.29 is 19.1 Å². The van der Waals surface area contributed by atoms with E-state index in [-0.39, 0.29) is 11.9 Å². The van der Waals surface area contributed by atoms with E-state index in [1.807, 2.05) is 37.9 Å². The number of aryl methyl sites for hydroxylation is 2. The van der Waals surface area contributed by atoms with Crippen LogP contribution < -0.4 is 5.73 Å². The van der Waals surface area contributed by atoms with Gasteiger partial charge in [0.25, 0.3) is 0 Å². The van der Waals surface area contributed by atoms with Gasteiger partial charge in [-0.2, -0.15) is 0 Å². The first-order chi connectivity index (χ1) is 19.4. The SMILES string of the molecule is C=O.C=O.CCC(CC(=O)OC)c1ccccc1.CCSC(N)=NC1=CC=CCC(CCc2ccc(C)cc2)=C1. The number of ether oxygens (including phenoxy) is 1. The molecule has 216 valence electrons. The molecule has 0 fully saturated rings. The number of esters is 1. The molecule has 2 aromatic carbocycles. The highest BCUT2D eigenvalue weighted by Crippen LogP contribution is 2.23. The number of benzene rings is 2. The largest absolute Gasteiger partial charge is 0.469 e. The fourth-order valence-corrected chi connectivity index (χ4v) is 4.29. The molecule has 1 aliphatic carbocycles. The van der Waals surface area contributed by atoms with Crippen LogP contribution in [-0.4, -0.2) is 37.6 Å². The topological polar surface area (TPSA) is 98.8 Å². The molecule has 0 aromatic heterocycles. The van der Waals surface area contributed by atoms with Crippen molar-refractivity contribution in [1.29, 1.82) is 0 Å². The fourth-order valence-electron chi connectivity index (χ4n) is 3.82. The maximum absolute atomic E-state index is 11.1. The van der Waals surface area contributed by atoms with Gasteiger partial charge in [-0.3, -0.25) is 4.79 Å². The first-order valence-corrected chi connectivity index (χ1v) is 14.2. The minimum absolute atomic E-state index is 0.138. The third-order valence-electron chi connectivity index (χ3n) is 5.93. The summed E-state index contributed by atoms with van der Waals surface area (Å²) in [4.78, 5) is 31.6. The molecule has 0 amide bonds. The van der Waals surface area contributed by atoms with Gasteiger partial charge in [-0.1, -0.05) is 103 Å². The summed E-state index contributed by atoms with van der Waals surface area (Å²) in [5.74, 6) is 1.09. The predicted molar refractivity (Wildman–Crippen MR) is 170 cm³/mol. The highest BCUT2D eigenvalue weighted by molar-refractivity contribution is 8.13. The molecule has 0 saturated heterocycles. The number of methoxy groups -OCH3 is 1. The lowest BCUT2D eigenvalue weighted by Gasteiger charge is -2.13. The van der Waals surface area contributed by atoms with Crippen molar-refractivity contribution in [2.24, 2.45) is 10.7 Å². The van der Waals surface area contributed by atoms with Crippen LogP contribution >= 0.6 is 11.8 Å². The van der Waals surface area contributed by atoms with Gasteiger partial charge < -0.3 is 20.1 Å². The molecule has 0 bridgehead atoms. The van der Waals surface area contributed by atoms with Crippen LogP contribution in [0.1, 0.15) is 62.1 Å². The monoisotopic (exact) mass is 564 g/mol. The van der Waals surface area contributed by atoms with E-state index in [4.69, 9.17) is 15.3 Å². The van der Waals surface area contributed by atoms with Crippen LogP contribution in [0.2, 0.25) is 0 Å². The smallest absolute Gasteiger partial charge is 0.306 e. The van der Waals surface area contributed by atoms with E-state index in [1.54, 1.807) is 11.8 Å². The summed E-state index contributed by atoms with van der Waals surface area (Å²) >= 11 is 1.58. The molecule has 0 saturated carbocycles. The van der Waals surface area contributed by atoms with E-state index in [2.05, 4.69) is 85.1 Å². The number of rotatable bonds is 9. The van der Waals surface area contributed by atoms with Crippen molar-refractivity contribution in [3.63, 3.8) is 0 Å². The highest BCUT2D eigenvalue weighted by atomic mass is 32.2. The Morgan fingerprint density at radius 2 is 1.68 bits per heavy atom. The van der Waals surface area contributed by atoms with Gasteiger partial charge in [0.05, 0.1) is 19.2 Å². The Kier molecular flexibility index (Phi) is 21.0. The number of thioether (sulfide) groups is 1. The lowest BCUT2D eigenvalue weighted by atomic mass is 9.93. The number of hydrogen-bond donors (Lipinski definition) is 1. The minimum atomic E-state index is -0.138. The van der Waals surface area contributed by atoms with Gasteiger partial charge in [-0.15, -0.1) is 0 Å². The Labute approximate surface area is 244 Å². The van der Waals surface area contributed by atoms with Crippen LogP contribution in [0.15, 0.2) is 95.2 Å². The van der Waals surface area contributed by atoms with Crippen molar-refractivity contribution in [3.8, 4) is 0 Å². The molecular formula is C33H44N2O4S. The van der Waals surface area contributed by atoms with E-state index in [0.717, 1.165) is 37.1 Å². The Balaban J connectivity index is 0.000000729. The zero-order valence-corrected chi connectivity index (χ0v) is 25.1. The van der Waals surface area contributed by atoms with Gasteiger partial charge in [-0.05, 0) is 67.6 Å². The third-order valence-corrected chi connectivity index (χ3v) is 6.60. The van der Waals surface area contributed by atoms with Gasteiger partial charge in [0.15, 0.2) is 5.17 Å². The van der Waals surface area contributed by atoms with Gasteiger partial charge in [0, 0.05) is 0 Å². The van der Waals surface area contributed by atoms with Gasteiger partial charge >= 0.3 is 5.97 Å². The molecular weight excluding hydrogens is 520 g/mol.